The summed E-state index contributed by atoms with van der Waals surface area (Å²) in [7, 11) is 0. The van der Waals surface area contributed by atoms with Gasteiger partial charge in [-0.3, -0.25) is 9.59 Å². The van der Waals surface area contributed by atoms with Gasteiger partial charge < -0.3 is 25.6 Å². The van der Waals surface area contributed by atoms with Gasteiger partial charge in [0, 0.05) is 12.0 Å². The molecule has 0 unspecified atom stereocenters. The number of fused-ring (bicyclic) bond motifs is 1. The van der Waals surface area contributed by atoms with Crippen LogP contribution in [0.1, 0.15) is 95.9 Å². The molecule has 3 heterocycles. The van der Waals surface area contributed by atoms with Crippen molar-refractivity contribution in [2.75, 3.05) is 6.61 Å². The minimum absolute atomic E-state index is 0.0202. The van der Waals surface area contributed by atoms with E-state index in [4.69, 9.17) is 15.2 Å². The molecule has 0 saturated heterocycles. The number of hydrogen-bond donors (Lipinski definition) is 3. The average molecular weight is 542 g/mol. The Bertz CT molecular complexity index is 1330. The first-order chi connectivity index (χ1) is 18.1. The van der Waals surface area contributed by atoms with Gasteiger partial charge in [-0.25, -0.2) is 9.50 Å². The number of carbonyl (C=O) groups excluding carboxylic acids is 2. The Balaban J connectivity index is 1.23. The zero-order valence-corrected chi connectivity index (χ0v) is 22.8. The number of pyridine rings is 1. The largest absolute Gasteiger partial charge is 0.489 e. The molecule has 0 spiro atoms. The van der Waals surface area contributed by atoms with E-state index in [-0.39, 0.29) is 24.7 Å². The van der Waals surface area contributed by atoms with Gasteiger partial charge in [-0.15, -0.1) is 11.3 Å². The summed E-state index contributed by atoms with van der Waals surface area (Å²) in [4.78, 5) is 29.8. The zero-order valence-electron chi connectivity index (χ0n) is 22.0. The predicted molar refractivity (Wildman–Crippen MR) is 143 cm³/mol. The van der Waals surface area contributed by atoms with Crippen LogP contribution in [0.5, 0.6) is 11.6 Å². The topological polar surface area (TPSA) is 141 Å². The molecule has 4 N–H and O–H groups in total. The van der Waals surface area contributed by atoms with E-state index in [0.29, 0.717) is 34.4 Å². The molecule has 0 aliphatic heterocycles. The molecule has 2 amide bonds. The molecule has 3 aromatic rings. The van der Waals surface area contributed by atoms with Gasteiger partial charge in [-0.1, -0.05) is 6.92 Å². The Morgan fingerprint density at radius 2 is 1.95 bits per heavy atom. The van der Waals surface area contributed by atoms with E-state index in [2.05, 4.69) is 15.4 Å². The van der Waals surface area contributed by atoms with Crippen molar-refractivity contribution in [3.63, 3.8) is 0 Å². The van der Waals surface area contributed by atoms with Crippen LogP contribution in [0, 0.1) is 0 Å². The molecule has 2 fully saturated rings. The fourth-order valence-electron chi connectivity index (χ4n) is 4.82. The van der Waals surface area contributed by atoms with Gasteiger partial charge in [0.05, 0.1) is 33.6 Å². The fraction of sp³-hybridized carbons (Fsp3) is 0.556. The first-order valence-electron chi connectivity index (χ1n) is 13.3. The number of amides is 2. The highest BCUT2D eigenvalue weighted by atomic mass is 32.1. The summed E-state index contributed by atoms with van der Waals surface area (Å²) in [5, 5.41) is 18.6. The van der Waals surface area contributed by atoms with Crippen molar-refractivity contribution in [3.8, 4) is 11.6 Å². The van der Waals surface area contributed by atoms with E-state index in [1.54, 1.807) is 20.0 Å². The van der Waals surface area contributed by atoms with Crippen molar-refractivity contribution in [1.29, 1.82) is 0 Å². The van der Waals surface area contributed by atoms with Gasteiger partial charge in [-0.05, 0) is 70.9 Å². The van der Waals surface area contributed by atoms with E-state index in [1.807, 2.05) is 23.6 Å². The minimum Gasteiger partial charge on any atom is -0.489 e. The molecule has 5 rings (SSSR count). The van der Waals surface area contributed by atoms with E-state index in [9.17, 15) is 14.7 Å². The van der Waals surface area contributed by atoms with E-state index >= 15 is 0 Å². The minimum atomic E-state index is -0.947. The molecule has 10 nitrogen and oxygen atoms in total. The number of nitrogens with one attached hydrogen (secondary N) is 1. The second kappa shape index (κ2) is 10.5. The lowest BCUT2D eigenvalue weighted by molar-refractivity contribution is 0.0279. The molecule has 38 heavy (non-hydrogen) atoms. The van der Waals surface area contributed by atoms with Crippen molar-refractivity contribution >= 4 is 28.7 Å². The highest BCUT2D eigenvalue weighted by Crippen LogP contribution is 2.44. The monoisotopic (exact) mass is 541 g/mol. The van der Waals surface area contributed by atoms with Crippen LogP contribution in [0.2, 0.25) is 0 Å². The first-order valence-corrected chi connectivity index (χ1v) is 14.1. The zero-order chi connectivity index (χ0) is 27.0. The maximum Gasteiger partial charge on any atom is 0.264 e. The van der Waals surface area contributed by atoms with Crippen LogP contribution in [0.25, 0.3) is 5.52 Å². The molecule has 2 aliphatic carbocycles. The molecule has 0 radical (unpaired) electrons. The Kier molecular flexibility index (Phi) is 7.32. The molecule has 11 heteroatoms. The van der Waals surface area contributed by atoms with Crippen LogP contribution in [-0.2, 0) is 6.42 Å². The predicted octanol–water partition coefficient (Wildman–Crippen LogP) is 3.60. The number of aromatic nitrogens is 3. The molecule has 0 bridgehead atoms. The van der Waals surface area contributed by atoms with Crippen LogP contribution in [0.3, 0.4) is 0 Å². The Hall–Kier alpha value is -3.18. The molecular weight excluding hydrogens is 506 g/mol. The van der Waals surface area contributed by atoms with Crippen LogP contribution in [0.4, 0.5) is 0 Å². The van der Waals surface area contributed by atoms with Crippen LogP contribution >= 0.6 is 11.3 Å². The van der Waals surface area contributed by atoms with E-state index in [0.717, 1.165) is 54.7 Å². The maximum atomic E-state index is 13.2. The lowest BCUT2D eigenvalue weighted by Gasteiger charge is -2.29. The van der Waals surface area contributed by atoms with Gasteiger partial charge in [-0.2, -0.15) is 5.10 Å². The van der Waals surface area contributed by atoms with Crippen molar-refractivity contribution in [2.24, 2.45) is 5.73 Å². The van der Waals surface area contributed by atoms with Crippen molar-refractivity contribution < 1.29 is 24.2 Å². The Morgan fingerprint density at radius 1 is 1.21 bits per heavy atom. The van der Waals surface area contributed by atoms with Gasteiger partial charge in [0.15, 0.2) is 4.88 Å². The molecule has 0 aromatic carbocycles. The van der Waals surface area contributed by atoms with Crippen molar-refractivity contribution in [3.05, 3.63) is 39.5 Å². The Morgan fingerprint density at radius 3 is 2.58 bits per heavy atom. The number of hydrogen-bond acceptors (Lipinski definition) is 8. The second-order valence-electron chi connectivity index (χ2n) is 10.8. The van der Waals surface area contributed by atoms with Crippen molar-refractivity contribution in [1.82, 2.24) is 19.9 Å². The summed E-state index contributed by atoms with van der Waals surface area (Å²) >= 11 is 1.28. The van der Waals surface area contributed by atoms with Gasteiger partial charge >= 0.3 is 0 Å². The SMILES string of the molecule is CCc1nc(OC2CCC(NC(=O)c3cnn4c(C5CC5)c(OCC(C)(C)O)ccc34)CC2)c(C(N)=O)s1. The normalized spacial score (nSPS) is 19.9. The summed E-state index contributed by atoms with van der Waals surface area (Å²) in [6.45, 7) is 5.56. The lowest BCUT2D eigenvalue weighted by atomic mass is 9.92. The first kappa shape index (κ1) is 26.4. The quantitative estimate of drug-likeness (QED) is 0.356. The number of primary amides is 1. The molecule has 0 atom stereocenters. The number of aryl methyl sites for hydroxylation is 1. The third-order valence-electron chi connectivity index (χ3n) is 6.92. The number of aliphatic hydroxyl groups is 1. The maximum absolute atomic E-state index is 13.2. The standard InChI is InChI=1S/C27H35N5O5S/c1-4-21-31-26(23(38-21)24(28)33)37-17-9-7-16(8-10-17)30-25(34)18-13-29-32-19(18)11-12-20(22(32)15-5-6-15)36-14-27(2,3)35/h11-13,15-17,35H,4-10,14H2,1-3H3,(H2,28,33)(H,30,34). The number of nitrogens with two attached hydrogens (primary N) is 1. The fourth-order valence-corrected chi connectivity index (χ4v) is 5.61. The van der Waals surface area contributed by atoms with E-state index < -0.39 is 11.5 Å². The number of ether oxygens (including phenoxy) is 2. The lowest BCUT2D eigenvalue weighted by Crippen LogP contribution is -2.39. The smallest absolute Gasteiger partial charge is 0.264 e. The van der Waals surface area contributed by atoms with Gasteiger partial charge in [0.1, 0.15) is 18.5 Å². The molecular formula is C27H35N5O5S. The Labute approximate surface area is 225 Å². The summed E-state index contributed by atoms with van der Waals surface area (Å²) in [5.74, 6) is 0.686. The summed E-state index contributed by atoms with van der Waals surface area (Å²) < 4.78 is 13.8. The second-order valence-corrected chi connectivity index (χ2v) is 11.9. The molecule has 204 valence electrons. The van der Waals surface area contributed by atoms with Crippen molar-refractivity contribution in [2.45, 2.75) is 89.4 Å². The summed E-state index contributed by atoms with van der Waals surface area (Å²) in [6.07, 6.45) is 7.35. The highest BCUT2D eigenvalue weighted by Gasteiger charge is 2.32. The summed E-state index contributed by atoms with van der Waals surface area (Å²) in [6, 6.07) is 3.75. The van der Waals surface area contributed by atoms with Crippen LogP contribution in [0.15, 0.2) is 18.3 Å². The van der Waals surface area contributed by atoms with Gasteiger partial charge in [0.25, 0.3) is 11.8 Å². The van der Waals surface area contributed by atoms with Crippen LogP contribution < -0.4 is 20.5 Å². The molecule has 3 aromatic heterocycles. The molecule has 2 saturated carbocycles. The number of nitrogens with zero attached hydrogens (tertiary/aromatic N) is 3. The van der Waals surface area contributed by atoms with Gasteiger partial charge in [0.2, 0.25) is 5.88 Å². The van der Waals surface area contributed by atoms with E-state index in [1.165, 1.54) is 11.3 Å². The molecule has 2 aliphatic rings. The van der Waals surface area contributed by atoms with Crippen LogP contribution in [-0.4, -0.2) is 55.9 Å². The third-order valence-corrected chi connectivity index (χ3v) is 8.12. The number of carbonyl (C=O) groups is 2. The summed E-state index contributed by atoms with van der Waals surface area (Å²) in [5.41, 5.74) is 6.77. The number of rotatable bonds is 10. The highest BCUT2D eigenvalue weighted by molar-refractivity contribution is 7.14. The average Bonchev–Trinajstić information content (AvgIpc) is 3.47. The third kappa shape index (κ3) is 5.78. The number of thiazole rings is 1.